The highest BCUT2D eigenvalue weighted by Gasteiger charge is 2.47. The summed E-state index contributed by atoms with van der Waals surface area (Å²) >= 11 is 0. The molecule has 2 aliphatic heterocycles. The second-order valence-electron chi connectivity index (χ2n) is 8.29. The van der Waals surface area contributed by atoms with Gasteiger partial charge in [0.2, 0.25) is 5.91 Å². The van der Waals surface area contributed by atoms with E-state index in [4.69, 9.17) is 4.42 Å². The van der Waals surface area contributed by atoms with E-state index in [-0.39, 0.29) is 5.54 Å². The second kappa shape index (κ2) is 8.13. The van der Waals surface area contributed by atoms with Gasteiger partial charge in [-0.2, -0.15) is 0 Å². The van der Waals surface area contributed by atoms with Crippen LogP contribution in [-0.4, -0.2) is 65.4 Å². The summed E-state index contributed by atoms with van der Waals surface area (Å²) < 4.78 is 5.47. The van der Waals surface area contributed by atoms with Crippen molar-refractivity contribution in [3.05, 3.63) is 24.2 Å². The molecule has 1 saturated carbocycles. The summed E-state index contributed by atoms with van der Waals surface area (Å²) in [6.07, 6.45) is 11.4. The van der Waals surface area contributed by atoms with Gasteiger partial charge in [0.1, 0.15) is 11.3 Å². The Balaban J connectivity index is 1.40. The lowest BCUT2D eigenvalue weighted by atomic mass is 9.78. The lowest BCUT2D eigenvalue weighted by Gasteiger charge is -2.49. The molecule has 3 aliphatic rings. The average Bonchev–Trinajstić information content (AvgIpc) is 3.22. The van der Waals surface area contributed by atoms with E-state index in [1.54, 1.807) is 6.26 Å². The predicted octanol–water partition coefficient (Wildman–Crippen LogP) is 3.11. The third kappa shape index (κ3) is 3.70. The van der Waals surface area contributed by atoms with Crippen LogP contribution in [0.15, 0.2) is 22.8 Å². The van der Waals surface area contributed by atoms with E-state index >= 15 is 0 Å². The quantitative estimate of drug-likeness (QED) is 0.828. The summed E-state index contributed by atoms with van der Waals surface area (Å²) in [4.78, 5) is 20.8. The van der Waals surface area contributed by atoms with Crippen LogP contribution in [0.1, 0.15) is 57.1 Å². The van der Waals surface area contributed by atoms with Crippen molar-refractivity contribution in [2.75, 3.05) is 39.3 Å². The normalized spacial score (nSPS) is 25.3. The van der Waals surface area contributed by atoms with Gasteiger partial charge >= 0.3 is 0 Å². The number of furan rings is 1. The Morgan fingerprint density at radius 2 is 1.62 bits per heavy atom. The summed E-state index contributed by atoms with van der Waals surface area (Å²) in [7, 11) is 0. The van der Waals surface area contributed by atoms with Crippen molar-refractivity contribution in [3.8, 4) is 0 Å². The SMILES string of the molecule is O=C(N1CCN(Cc2ccco2)CC1)C1(N2CCCCC2)CCCCC1. The van der Waals surface area contributed by atoms with Crippen molar-refractivity contribution in [1.29, 1.82) is 0 Å². The van der Waals surface area contributed by atoms with Crippen LogP contribution < -0.4 is 0 Å². The fourth-order valence-corrected chi connectivity index (χ4v) is 5.15. The van der Waals surface area contributed by atoms with Gasteiger partial charge in [0.15, 0.2) is 0 Å². The maximum Gasteiger partial charge on any atom is 0.243 e. The van der Waals surface area contributed by atoms with Crippen molar-refractivity contribution < 1.29 is 9.21 Å². The Hall–Kier alpha value is -1.33. The largest absolute Gasteiger partial charge is 0.468 e. The van der Waals surface area contributed by atoms with Crippen molar-refractivity contribution in [2.24, 2.45) is 0 Å². The molecule has 0 bridgehead atoms. The van der Waals surface area contributed by atoms with Gasteiger partial charge in [0, 0.05) is 26.2 Å². The molecule has 4 rings (SSSR count). The Bertz CT molecular complexity index is 566. The molecule has 3 fully saturated rings. The topological polar surface area (TPSA) is 39.9 Å². The molecule has 1 aromatic heterocycles. The number of hydrogen-bond donors (Lipinski definition) is 0. The van der Waals surface area contributed by atoms with Gasteiger partial charge in [0.05, 0.1) is 12.8 Å². The van der Waals surface area contributed by atoms with Crippen molar-refractivity contribution in [1.82, 2.24) is 14.7 Å². The van der Waals surface area contributed by atoms with Crippen LogP contribution in [0.5, 0.6) is 0 Å². The highest BCUT2D eigenvalue weighted by molar-refractivity contribution is 5.86. The standard InChI is InChI=1S/C21H33N3O2/c25-20(21(9-3-1-4-10-21)24-11-5-2-6-12-24)23-15-13-22(14-16-23)18-19-8-7-17-26-19/h7-8,17H,1-6,9-16,18H2. The van der Waals surface area contributed by atoms with Gasteiger partial charge in [-0.1, -0.05) is 25.7 Å². The minimum absolute atomic E-state index is 0.193. The van der Waals surface area contributed by atoms with Gasteiger partial charge in [-0.05, 0) is 50.9 Å². The van der Waals surface area contributed by atoms with Crippen LogP contribution in [0.4, 0.5) is 0 Å². The van der Waals surface area contributed by atoms with Crippen LogP contribution in [0.25, 0.3) is 0 Å². The third-order valence-electron chi connectivity index (χ3n) is 6.66. The monoisotopic (exact) mass is 359 g/mol. The van der Waals surface area contributed by atoms with Gasteiger partial charge in [-0.25, -0.2) is 0 Å². The number of rotatable bonds is 4. The summed E-state index contributed by atoms with van der Waals surface area (Å²) in [5, 5.41) is 0. The van der Waals surface area contributed by atoms with Crippen LogP contribution in [0.2, 0.25) is 0 Å². The first-order valence-electron chi connectivity index (χ1n) is 10.6. The minimum Gasteiger partial charge on any atom is -0.468 e. The Morgan fingerprint density at radius 3 is 2.27 bits per heavy atom. The number of carbonyl (C=O) groups is 1. The molecular formula is C21H33N3O2. The Labute approximate surface area is 157 Å². The molecule has 26 heavy (non-hydrogen) atoms. The van der Waals surface area contributed by atoms with E-state index < -0.39 is 0 Å². The summed E-state index contributed by atoms with van der Waals surface area (Å²) in [5.74, 6) is 1.44. The summed E-state index contributed by atoms with van der Waals surface area (Å²) in [6, 6.07) is 3.98. The fraction of sp³-hybridized carbons (Fsp3) is 0.762. The maximum absolute atomic E-state index is 13.6. The average molecular weight is 360 g/mol. The molecule has 0 aromatic carbocycles. The molecule has 1 amide bonds. The molecule has 5 heteroatoms. The highest BCUT2D eigenvalue weighted by atomic mass is 16.3. The molecule has 0 unspecified atom stereocenters. The molecule has 5 nitrogen and oxygen atoms in total. The number of nitrogens with zero attached hydrogens (tertiary/aromatic N) is 3. The minimum atomic E-state index is -0.193. The van der Waals surface area contributed by atoms with Crippen LogP contribution in [0, 0.1) is 0 Å². The summed E-state index contributed by atoms with van der Waals surface area (Å²) in [5.41, 5.74) is -0.193. The number of likely N-dealkylation sites (tertiary alicyclic amines) is 1. The molecule has 0 N–H and O–H groups in total. The third-order valence-corrected chi connectivity index (χ3v) is 6.66. The molecule has 3 heterocycles. The lowest BCUT2D eigenvalue weighted by molar-refractivity contribution is -0.150. The maximum atomic E-state index is 13.6. The zero-order chi connectivity index (χ0) is 17.8. The predicted molar refractivity (Wildman–Crippen MR) is 102 cm³/mol. The first-order valence-corrected chi connectivity index (χ1v) is 10.6. The Kier molecular flexibility index (Phi) is 5.65. The van der Waals surface area contributed by atoms with Gasteiger partial charge in [-0.15, -0.1) is 0 Å². The number of amides is 1. The van der Waals surface area contributed by atoms with E-state index in [0.29, 0.717) is 5.91 Å². The molecule has 2 saturated heterocycles. The zero-order valence-corrected chi connectivity index (χ0v) is 16.0. The summed E-state index contributed by atoms with van der Waals surface area (Å²) in [6.45, 7) is 6.69. The first kappa shape index (κ1) is 18.1. The smallest absolute Gasteiger partial charge is 0.243 e. The van der Waals surface area contributed by atoms with Gasteiger partial charge in [0.25, 0.3) is 0 Å². The number of hydrogen-bond acceptors (Lipinski definition) is 4. The Morgan fingerprint density at radius 1 is 0.923 bits per heavy atom. The fourth-order valence-electron chi connectivity index (χ4n) is 5.15. The van der Waals surface area contributed by atoms with E-state index in [0.717, 1.165) is 64.4 Å². The van der Waals surface area contributed by atoms with E-state index in [2.05, 4.69) is 14.7 Å². The number of piperidine rings is 1. The van der Waals surface area contributed by atoms with E-state index in [1.807, 2.05) is 12.1 Å². The molecule has 144 valence electrons. The zero-order valence-electron chi connectivity index (χ0n) is 16.0. The molecular weight excluding hydrogens is 326 g/mol. The van der Waals surface area contributed by atoms with Crippen LogP contribution >= 0.6 is 0 Å². The second-order valence-corrected chi connectivity index (χ2v) is 8.29. The van der Waals surface area contributed by atoms with E-state index in [1.165, 1.54) is 38.5 Å². The van der Waals surface area contributed by atoms with Crippen LogP contribution in [0.3, 0.4) is 0 Å². The molecule has 1 aliphatic carbocycles. The molecule has 0 atom stereocenters. The number of carbonyl (C=O) groups excluding carboxylic acids is 1. The van der Waals surface area contributed by atoms with E-state index in [9.17, 15) is 4.79 Å². The highest BCUT2D eigenvalue weighted by Crippen LogP contribution is 2.37. The first-order chi connectivity index (χ1) is 12.8. The molecule has 0 radical (unpaired) electrons. The number of piperazine rings is 1. The molecule has 0 spiro atoms. The van der Waals surface area contributed by atoms with Crippen LogP contribution in [-0.2, 0) is 11.3 Å². The lowest BCUT2D eigenvalue weighted by Crippen LogP contribution is -2.63. The van der Waals surface area contributed by atoms with Crippen molar-refractivity contribution in [2.45, 2.75) is 63.5 Å². The molecule has 1 aromatic rings. The van der Waals surface area contributed by atoms with Crippen molar-refractivity contribution >= 4 is 5.91 Å². The van der Waals surface area contributed by atoms with Gasteiger partial charge < -0.3 is 9.32 Å². The van der Waals surface area contributed by atoms with Gasteiger partial charge in [-0.3, -0.25) is 14.6 Å². The van der Waals surface area contributed by atoms with Crippen molar-refractivity contribution in [3.63, 3.8) is 0 Å².